The molecule has 2 saturated heterocycles. The minimum absolute atomic E-state index is 0.00506. The maximum Gasteiger partial charge on any atom is 0.238 e. The molecule has 1 amide bonds. The van der Waals surface area contributed by atoms with E-state index in [0.717, 1.165) is 49.1 Å². The molecule has 2 aliphatic heterocycles. The smallest absolute Gasteiger partial charge is 0.238 e. The average Bonchev–Trinajstić information content (AvgIpc) is 3.01. The summed E-state index contributed by atoms with van der Waals surface area (Å²) in [5.41, 5.74) is 0.682. The van der Waals surface area contributed by atoms with E-state index in [1.807, 2.05) is 24.3 Å². The molecule has 23 heavy (non-hydrogen) atoms. The van der Waals surface area contributed by atoms with Gasteiger partial charge in [0.2, 0.25) is 5.91 Å². The van der Waals surface area contributed by atoms with Crippen molar-refractivity contribution in [1.29, 1.82) is 0 Å². The van der Waals surface area contributed by atoms with E-state index in [0.29, 0.717) is 6.54 Å². The highest BCUT2D eigenvalue weighted by molar-refractivity contribution is 9.10. The van der Waals surface area contributed by atoms with E-state index < -0.39 is 0 Å². The van der Waals surface area contributed by atoms with Gasteiger partial charge in [0.25, 0.3) is 0 Å². The number of nitrogens with one attached hydrogen (secondary N) is 1. The second-order valence-electron chi connectivity index (χ2n) is 6.28. The van der Waals surface area contributed by atoms with Crippen LogP contribution in [0.3, 0.4) is 0 Å². The molecule has 1 aromatic carbocycles. The number of hydrogen-bond donors (Lipinski definition) is 1. The maximum atomic E-state index is 12.2. The van der Waals surface area contributed by atoms with Crippen molar-refractivity contribution in [3.05, 3.63) is 28.7 Å². The van der Waals surface area contributed by atoms with E-state index in [1.54, 1.807) is 7.11 Å². The second-order valence-corrected chi connectivity index (χ2v) is 7.20. The van der Waals surface area contributed by atoms with Gasteiger partial charge in [0.15, 0.2) is 0 Å². The Morgan fingerprint density at radius 1 is 1.43 bits per heavy atom. The van der Waals surface area contributed by atoms with Gasteiger partial charge in [0, 0.05) is 37.0 Å². The molecule has 2 fully saturated rings. The summed E-state index contributed by atoms with van der Waals surface area (Å²) >= 11 is 3.39. The summed E-state index contributed by atoms with van der Waals surface area (Å²) in [7, 11) is 1.74. The number of piperidine rings is 1. The number of ether oxygens (including phenoxy) is 2. The molecule has 0 bridgehead atoms. The Bertz CT molecular complexity index is 543. The molecular weight excluding hydrogens is 360 g/mol. The third-order valence-corrected chi connectivity index (χ3v) is 5.30. The Labute approximate surface area is 145 Å². The van der Waals surface area contributed by atoms with Crippen LogP contribution < -0.4 is 5.32 Å². The number of benzene rings is 1. The summed E-state index contributed by atoms with van der Waals surface area (Å²) in [5.74, 6) is 0.00506. The number of carbonyl (C=O) groups excluding carboxylic acids is 1. The highest BCUT2D eigenvalue weighted by Gasteiger charge is 2.46. The molecule has 0 aromatic heterocycles. The first-order chi connectivity index (χ1) is 11.1. The summed E-state index contributed by atoms with van der Waals surface area (Å²) < 4.78 is 12.7. The number of likely N-dealkylation sites (tertiary alicyclic amines) is 1. The predicted octanol–water partition coefficient (Wildman–Crippen LogP) is 2.66. The van der Waals surface area contributed by atoms with E-state index >= 15 is 0 Å². The highest BCUT2D eigenvalue weighted by Crippen LogP contribution is 2.37. The summed E-state index contributed by atoms with van der Waals surface area (Å²) in [6.07, 6.45) is 3.13. The number of hydrogen-bond acceptors (Lipinski definition) is 4. The molecule has 5 nitrogen and oxygen atoms in total. The van der Waals surface area contributed by atoms with Crippen molar-refractivity contribution in [2.75, 3.05) is 38.7 Å². The quantitative estimate of drug-likeness (QED) is 0.869. The van der Waals surface area contributed by atoms with Crippen molar-refractivity contribution >= 4 is 27.5 Å². The fraction of sp³-hybridized carbons (Fsp3) is 0.588. The van der Waals surface area contributed by atoms with E-state index in [4.69, 9.17) is 9.47 Å². The number of amides is 1. The van der Waals surface area contributed by atoms with Crippen LogP contribution in [-0.2, 0) is 14.3 Å². The van der Waals surface area contributed by atoms with E-state index in [2.05, 4.69) is 26.1 Å². The monoisotopic (exact) mass is 382 g/mol. The SMILES string of the molecule is CO[C@@H]1CN(CC(=O)Nc2ccc(Br)cc2)CC[C@@]12CCCO2. The molecule has 1 N–H and O–H groups in total. The molecule has 1 spiro atoms. The normalized spacial score (nSPS) is 28.2. The van der Waals surface area contributed by atoms with Gasteiger partial charge < -0.3 is 14.8 Å². The second kappa shape index (κ2) is 7.30. The summed E-state index contributed by atoms with van der Waals surface area (Å²) in [5, 5.41) is 2.94. The Kier molecular flexibility index (Phi) is 5.36. The zero-order valence-corrected chi connectivity index (χ0v) is 15.0. The minimum atomic E-state index is -0.132. The lowest BCUT2D eigenvalue weighted by molar-refractivity contribution is -0.145. The molecule has 1 aromatic rings. The van der Waals surface area contributed by atoms with Gasteiger partial charge in [-0.2, -0.15) is 0 Å². The van der Waals surface area contributed by atoms with Crippen LogP contribution in [0.25, 0.3) is 0 Å². The van der Waals surface area contributed by atoms with Crippen molar-refractivity contribution in [3.8, 4) is 0 Å². The summed E-state index contributed by atoms with van der Waals surface area (Å²) in [6, 6.07) is 7.60. The topological polar surface area (TPSA) is 50.8 Å². The van der Waals surface area contributed by atoms with Gasteiger partial charge in [-0.05, 0) is 43.5 Å². The first kappa shape index (κ1) is 16.9. The Morgan fingerprint density at radius 3 is 2.87 bits per heavy atom. The molecule has 2 aliphatic rings. The number of halogens is 1. The zero-order valence-electron chi connectivity index (χ0n) is 13.4. The lowest BCUT2D eigenvalue weighted by atomic mass is 9.86. The van der Waals surface area contributed by atoms with Crippen molar-refractivity contribution < 1.29 is 14.3 Å². The van der Waals surface area contributed by atoms with Crippen LogP contribution in [-0.4, -0.2) is 55.9 Å². The van der Waals surface area contributed by atoms with E-state index in [-0.39, 0.29) is 17.6 Å². The zero-order chi connectivity index (χ0) is 16.3. The molecule has 0 saturated carbocycles. The summed E-state index contributed by atoms with van der Waals surface area (Å²) in [6.45, 7) is 2.81. The van der Waals surface area contributed by atoms with Crippen LogP contribution in [0, 0.1) is 0 Å². The molecule has 2 heterocycles. The fourth-order valence-electron chi connectivity index (χ4n) is 3.54. The Morgan fingerprint density at radius 2 is 2.22 bits per heavy atom. The van der Waals surface area contributed by atoms with Gasteiger partial charge >= 0.3 is 0 Å². The van der Waals surface area contributed by atoms with Crippen molar-refractivity contribution in [3.63, 3.8) is 0 Å². The maximum absolute atomic E-state index is 12.2. The number of carbonyl (C=O) groups is 1. The van der Waals surface area contributed by atoms with E-state index in [9.17, 15) is 4.79 Å². The van der Waals surface area contributed by atoms with Gasteiger partial charge in [-0.25, -0.2) is 0 Å². The molecule has 0 aliphatic carbocycles. The summed E-state index contributed by atoms with van der Waals surface area (Å²) in [4.78, 5) is 14.4. The highest BCUT2D eigenvalue weighted by atomic mass is 79.9. The molecule has 3 rings (SSSR count). The number of rotatable bonds is 4. The first-order valence-corrected chi connectivity index (χ1v) is 8.85. The molecule has 126 valence electrons. The average molecular weight is 383 g/mol. The standard InChI is InChI=1S/C17H23BrN2O3/c1-22-15-11-20(9-8-17(15)7-2-10-23-17)12-16(21)19-14-5-3-13(18)4-6-14/h3-6,15H,2,7-12H2,1H3,(H,19,21)/t15-,17+/m1/s1. The third kappa shape index (κ3) is 3.94. The molecular formula is C17H23BrN2O3. The molecule has 0 radical (unpaired) electrons. The van der Waals surface area contributed by atoms with Gasteiger partial charge in [-0.15, -0.1) is 0 Å². The molecule has 2 atom stereocenters. The van der Waals surface area contributed by atoms with Crippen molar-refractivity contribution in [1.82, 2.24) is 4.90 Å². The van der Waals surface area contributed by atoms with Gasteiger partial charge in [-0.3, -0.25) is 9.69 Å². The van der Waals surface area contributed by atoms with Crippen molar-refractivity contribution in [2.24, 2.45) is 0 Å². The van der Waals surface area contributed by atoms with Gasteiger partial charge in [0.1, 0.15) is 0 Å². The van der Waals surface area contributed by atoms with Crippen LogP contribution in [0.5, 0.6) is 0 Å². The number of anilines is 1. The van der Waals surface area contributed by atoms with Crippen LogP contribution in [0.4, 0.5) is 5.69 Å². The minimum Gasteiger partial charge on any atom is -0.377 e. The van der Waals surface area contributed by atoms with Crippen LogP contribution >= 0.6 is 15.9 Å². The lowest BCUT2D eigenvalue weighted by Gasteiger charge is -2.44. The van der Waals surface area contributed by atoms with Crippen LogP contribution in [0.1, 0.15) is 19.3 Å². The predicted molar refractivity (Wildman–Crippen MR) is 92.5 cm³/mol. The van der Waals surface area contributed by atoms with Gasteiger partial charge in [0.05, 0.1) is 18.2 Å². The Balaban J connectivity index is 1.54. The lowest BCUT2D eigenvalue weighted by Crippen LogP contribution is -2.57. The van der Waals surface area contributed by atoms with Crippen LogP contribution in [0.2, 0.25) is 0 Å². The largest absolute Gasteiger partial charge is 0.377 e. The van der Waals surface area contributed by atoms with E-state index in [1.165, 1.54) is 0 Å². The Hall–Kier alpha value is -0.950. The third-order valence-electron chi connectivity index (χ3n) is 4.78. The first-order valence-electron chi connectivity index (χ1n) is 8.06. The molecule has 6 heteroatoms. The van der Waals surface area contributed by atoms with Crippen LogP contribution in [0.15, 0.2) is 28.7 Å². The molecule has 0 unspecified atom stereocenters. The number of nitrogens with zero attached hydrogens (tertiary/aromatic N) is 1. The van der Waals surface area contributed by atoms with Crippen molar-refractivity contribution in [2.45, 2.75) is 31.0 Å². The fourth-order valence-corrected chi connectivity index (χ4v) is 3.80. The number of methoxy groups -OCH3 is 1. The van der Waals surface area contributed by atoms with Gasteiger partial charge in [-0.1, -0.05) is 15.9 Å².